The highest BCUT2D eigenvalue weighted by Crippen LogP contribution is 2.28. The van der Waals surface area contributed by atoms with E-state index in [4.69, 9.17) is 27.2 Å². The van der Waals surface area contributed by atoms with Gasteiger partial charge in [0.05, 0.1) is 17.2 Å². The topological polar surface area (TPSA) is 155 Å². The predicted molar refractivity (Wildman–Crippen MR) is 155 cm³/mol. The Balaban J connectivity index is 0.00000162. The number of hydrogen-bond acceptors (Lipinski definition) is 9. The molecule has 0 bridgehead atoms. The number of carbonyl (C=O) groups is 3. The van der Waals surface area contributed by atoms with Crippen LogP contribution in [-0.2, 0) is 32.9 Å². The highest BCUT2D eigenvalue weighted by Gasteiger charge is 2.16. The molecule has 13 heteroatoms. The van der Waals surface area contributed by atoms with Gasteiger partial charge in [0.2, 0.25) is 5.91 Å². The summed E-state index contributed by atoms with van der Waals surface area (Å²) in [5.41, 5.74) is 1.27. The van der Waals surface area contributed by atoms with Gasteiger partial charge in [-0.25, -0.2) is 13.2 Å². The van der Waals surface area contributed by atoms with Gasteiger partial charge >= 0.3 is 6.16 Å². The van der Waals surface area contributed by atoms with Crippen LogP contribution in [0.2, 0.25) is 0 Å². The zero-order valence-corrected chi connectivity index (χ0v) is 25.8. The molecule has 2 rings (SSSR count). The minimum absolute atomic E-state index is 0.00967. The van der Waals surface area contributed by atoms with E-state index in [2.05, 4.69) is 31.3 Å². The molecule has 0 fully saturated rings. The summed E-state index contributed by atoms with van der Waals surface area (Å²) in [6.45, 7) is 4.49. The molecule has 0 aliphatic heterocycles. The third kappa shape index (κ3) is 16.3. The molecular weight excluding hydrogens is 566 g/mol. The molecule has 1 heterocycles. The Labute approximate surface area is 248 Å². The molecule has 0 spiro atoms. The second kappa shape index (κ2) is 18.5. The van der Waals surface area contributed by atoms with E-state index in [1.807, 2.05) is 0 Å². The fourth-order valence-corrected chi connectivity index (χ4v) is 3.34. The fourth-order valence-electron chi connectivity index (χ4n) is 3.34. The number of benzene rings is 1. The number of nitrogens with zero attached hydrogens (tertiary/aromatic N) is 2. The highest BCUT2D eigenvalue weighted by molar-refractivity contribution is 7.84. The molecule has 0 aliphatic carbocycles. The van der Waals surface area contributed by atoms with Gasteiger partial charge in [-0.1, -0.05) is 32.1 Å². The number of carbonyl (C=O) groups excluding carboxylic acids is 3. The number of ether oxygens (including phenoxy) is 3. The van der Waals surface area contributed by atoms with Crippen molar-refractivity contribution in [1.82, 2.24) is 10.2 Å². The van der Waals surface area contributed by atoms with Crippen molar-refractivity contribution in [3.63, 3.8) is 0 Å². The number of allylic oxidation sites excluding steroid dienone is 2. The normalized spacial score (nSPS) is 11.0. The van der Waals surface area contributed by atoms with Crippen LogP contribution in [0.3, 0.4) is 0 Å². The average Bonchev–Trinajstić information content (AvgIpc) is 2.91. The van der Waals surface area contributed by atoms with Gasteiger partial charge in [-0.3, -0.25) is 9.59 Å². The van der Waals surface area contributed by atoms with Gasteiger partial charge < -0.3 is 29.0 Å². The number of methoxy groups -OCH3 is 1. The Morgan fingerprint density at radius 1 is 1.12 bits per heavy atom. The molecule has 2 amide bonds. The molecule has 1 aromatic carbocycles. The van der Waals surface area contributed by atoms with Crippen LogP contribution in [-0.4, -0.2) is 63.3 Å². The lowest BCUT2D eigenvalue weighted by Gasteiger charge is -2.11. The molecule has 232 valence electrons. The monoisotopic (exact) mass is 607 g/mol. The van der Waals surface area contributed by atoms with Gasteiger partial charge in [0.25, 0.3) is 12.6 Å². The molecule has 0 atom stereocenters. The Morgan fingerprint density at radius 2 is 1.81 bits per heavy atom. The standard InChI is InChI=1S/C28H37N3O6.CH4O3S/c1-21(2)11-8-6-7-9-13-26(32)29-18-22-14-15-24(25(17-22)35-5)37-28(34)36-20-31-16-10-12-23(19-31)27(33)30(3)4;1-5(2,3)4/h8,10-12,14-17,19,21H,6-7,9,13,18,20H2,1-5H3;1H3,(H,2,3,4). The maximum Gasteiger partial charge on any atom is 0.518 e. The van der Waals surface area contributed by atoms with Crippen LogP contribution in [0.1, 0.15) is 55.5 Å². The summed E-state index contributed by atoms with van der Waals surface area (Å²) in [4.78, 5) is 37.9. The van der Waals surface area contributed by atoms with Crippen LogP contribution < -0.4 is 19.4 Å². The lowest BCUT2D eigenvalue weighted by molar-refractivity contribution is -0.727. The van der Waals surface area contributed by atoms with Crippen LogP contribution in [0.4, 0.5) is 4.79 Å². The van der Waals surface area contributed by atoms with Crippen molar-refractivity contribution in [3.05, 3.63) is 66.0 Å². The third-order valence-corrected chi connectivity index (χ3v) is 5.30. The zero-order valence-electron chi connectivity index (χ0n) is 25.0. The molecule has 12 nitrogen and oxygen atoms in total. The number of amides is 2. The molecule has 42 heavy (non-hydrogen) atoms. The van der Waals surface area contributed by atoms with Gasteiger partial charge in [0, 0.05) is 39.4 Å². The second-order valence-corrected chi connectivity index (χ2v) is 11.2. The summed E-state index contributed by atoms with van der Waals surface area (Å²) in [5.74, 6) is 0.910. The van der Waals surface area contributed by atoms with E-state index in [9.17, 15) is 14.4 Å². The van der Waals surface area contributed by atoms with Gasteiger partial charge in [-0.2, -0.15) is 4.57 Å². The van der Waals surface area contributed by atoms with E-state index in [0.717, 1.165) is 24.8 Å². The summed E-state index contributed by atoms with van der Waals surface area (Å²) in [5, 5.41) is 2.90. The maximum absolute atomic E-state index is 12.2. The Bertz CT molecular complexity index is 1300. The molecule has 0 saturated carbocycles. The zero-order chi connectivity index (χ0) is 31.7. The fraction of sp³-hybridized carbons (Fsp3) is 0.448. The van der Waals surface area contributed by atoms with Crippen molar-refractivity contribution >= 4 is 28.1 Å². The Kier molecular flexibility index (Phi) is 15.8. The third-order valence-electron chi connectivity index (χ3n) is 5.30. The molecule has 1 N–H and O–H groups in total. The number of pyridine rings is 1. The highest BCUT2D eigenvalue weighted by atomic mass is 32.2. The largest absolute Gasteiger partial charge is 0.748 e. The molecule has 2 aromatic rings. The molecule has 0 unspecified atom stereocenters. The number of aromatic nitrogens is 1. The summed E-state index contributed by atoms with van der Waals surface area (Å²) < 4.78 is 44.6. The van der Waals surface area contributed by atoms with Crippen LogP contribution in [0.15, 0.2) is 54.9 Å². The minimum atomic E-state index is -3.92. The smallest absolute Gasteiger partial charge is 0.518 e. The molecule has 1 aromatic heterocycles. The van der Waals surface area contributed by atoms with E-state index in [-0.39, 0.29) is 24.3 Å². The van der Waals surface area contributed by atoms with E-state index in [0.29, 0.717) is 36.5 Å². The van der Waals surface area contributed by atoms with Crippen molar-refractivity contribution in [2.75, 3.05) is 27.5 Å². The first-order valence-electron chi connectivity index (χ1n) is 13.3. The lowest BCUT2D eigenvalue weighted by Crippen LogP contribution is -2.37. The summed E-state index contributed by atoms with van der Waals surface area (Å²) in [6, 6.07) is 8.40. The number of rotatable bonds is 13. The molecule has 0 saturated heterocycles. The van der Waals surface area contributed by atoms with E-state index in [1.165, 1.54) is 12.0 Å². The molecular formula is C29H41N3O9S. The van der Waals surface area contributed by atoms with Crippen LogP contribution in [0.5, 0.6) is 11.5 Å². The van der Waals surface area contributed by atoms with Gasteiger partial charge in [-0.05, 0) is 48.9 Å². The van der Waals surface area contributed by atoms with Crippen molar-refractivity contribution in [1.29, 1.82) is 0 Å². The first-order chi connectivity index (χ1) is 19.7. The van der Waals surface area contributed by atoms with E-state index >= 15 is 0 Å². The first-order valence-corrected chi connectivity index (χ1v) is 15.1. The quantitative estimate of drug-likeness (QED) is 0.0900. The van der Waals surface area contributed by atoms with E-state index < -0.39 is 16.3 Å². The minimum Gasteiger partial charge on any atom is -0.748 e. The number of unbranched alkanes of at least 4 members (excludes halogenated alkanes) is 2. The lowest BCUT2D eigenvalue weighted by atomic mass is 10.1. The van der Waals surface area contributed by atoms with E-state index in [1.54, 1.807) is 61.4 Å². The first kappa shape index (κ1) is 36.1. The van der Waals surface area contributed by atoms with Crippen molar-refractivity contribution in [2.24, 2.45) is 5.92 Å². The maximum atomic E-state index is 12.2. The molecule has 0 aliphatic rings. The van der Waals surface area contributed by atoms with Crippen molar-refractivity contribution in [2.45, 2.75) is 52.8 Å². The summed E-state index contributed by atoms with van der Waals surface area (Å²) in [7, 11) is 0.872. The average molecular weight is 608 g/mol. The van der Waals surface area contributed by atoms with Crippen LogP contribution in [0, 0.1) is 5.92 Å². The Morgan fingerprint density at radius 3 is 2.43 bits per heavy atom. The summed E-state index contributed by atoms with van der Waals surface area (Å²) >= 11 is 0. The second-order valence-electron chi connectivity index (χ2n) is 9.82. The summed E-state index contributed by atoms with van der Waals surface area (Å²) in [6.07, 6.45) is 10.6. The van der Waals surface area contributed by atoms with Gasteiger partial charge in [-0.15, -0.1) is 0 Å². The van der Waals surface area contributed by atoms with Gasteiger partial charge in [0.15, 0.2) is 23.9 Å². The van der Waals surface area contributed by atoms with Gasteiger partial charge in [0.1, 0.15) is 5.56 Å². The van der Waals surface area contributed by atoms with Crippen molar-refractivity contribution in [3.8, 4) is 11.5 Å². The van der Waals surface area contributed by atoms with Crippen LogP contribution >= 0.6 is 0 Å². The SMILES string of the molecule is COc1cc(CNC(=O)CCCCC=CC(C)C)ccc1OC(=O)OC[n+]1cccc(C(=O)N(C)C)c1.CS(=O)(=O)[O-]. The predicted octanol–water partition coefficient (Wildman–Crippen LogP) is 3.41. The molecule has 0 radical (unpaired) electrons. The van der Waals surface area contributed by atoms with Crippen LogP contribution in [0.25, 0.3) is 0 Å². The number of nitrogens with one attached hydrogen (secondary N) is 1. The van der Waals surface area contributed by atoms with Crippen molar-refractivity contribution < 1.29 is 46.1 Å². The number of hydrogen-bond donors (Lipinski definition) is 1. The Hall–Kier alpha value is -3.97.